The highest BCUT2D eigenvalue weighted by Gasteiger charge is 2.19. The lowest BCUT2D eigenvalue weighted by Gasteiger charge is -2.16. The fourth-order valence-corrected chi connectivity index (χ4v) is 4.01. The van der Waals surface area contributed by atoms with Crippen molar-refractivity contribution < 1.29 is 4.79 Å². The number of hydrogen-bond acceptors (Lipinski definition) is 5. The van der Waals surface area contributed by atoms with E-state index in [-0.39, 0.29) is 18.0 Å². The van der Waals surface area contributed by atoms with Crippen LogP contribution in [0.1, 0.15) is 47.5 Å². The molecule has 0 fully saturated rings. The summed E-state index contributed by atoms with van der Waals surface area (Å²) in [4.78, 5) is 22.2. The molecule has 4 aromatic rings. The van der Waals surface area contributed by atoms with E-state index in [0.717, 1.165) is 21.3 Å². The minimum atomic E-state index is -0.202. The van der Waals surface area contributed by atoms with Crippen LogP contribution in [0.25, 0.3) is 10.2 Å². The molecule has 29 heavy (non-hydrogen) atoms. The van der Waals surface area contributed by atoms with Crippen LogP contribution in [0.3, 0.4) is 0 Å². The lowest BCUT2D eigenvalue weighted by atomic mass is 10.1. The molecule has 0 radical (unpaired) electrons. The lowest BCUT2D eigenvalue weighted by molar-refractivity contribution is 0.0937. The largest absolute Gasteiger partial charge is 0.348 e. The van der Waals surface area contributed by atoms with Crippen LogP contribution >= 0.6 is 11.3 Å². The monoisotopic (exact) mass is 402 g/mol. The van der Waals surface area contributed by atoms with Crippen LogP contribution in [0.5, 0.6) is 0 Å². The highest BCUT2D eigenvalue weighted by atomic mass is 32.1. The molecule has 0 aliphatic heterocycles. The Kier molecular flexibility index (Phi) is 5.53. The Hall–Kier alpha value is -3.25. The number of carbonyl (C=O) groups excluding carboxylic acids is 1. The Bertz CT molecular complexity index is 1110. The third-order valence-electron chi connectivity index (χ3n) is 4.81. The van der Waals surface area contributed by atoms with Gasteiger partial charge in [-0.1, -0.05) is 60.7 Å². The van der Waals surface area contributed by atoms with Crippen LogP contribution in [0.2, 0.25) is 0 Å². The smallest absolute Gasteiger partial charge is 0.272 e. The van der Waals surface area contributed by atoms with E-state index in [1.807, 2.05) is 73.8 Å². The number of benzene rings is 2. The second kappa shape index (κ2) is 8.41. The van der Waals surface area contributed by atoms with Crippen molar-refractivity contribution in [2.75, 3.05) is 5.32 Å². The zero-order valence-corrected chi connectivity index (χ0v) is 17.1. The summed E-state index contributed by atoms with van der Waals surface area (Å²) in [7, 11) is 0. The summed E-state index contributed by atoms with van der Waals surface area (Å²) in [6.45, 7) is 4.02. The van der Waals surface area contributed by atoms with Crippen molar-refractivity contribution in [3.05, 3.63) is 88.9 Å². The van der Waals surface area contributed by atoms with Gasteiger partial charge in [0.2, 0.25) is 5.95 Å². The first kappa shape index (κ1) is 19.1. The standard InChI is InChI=1S/C23H22N4OS/c1-15(17-9-5-3-6-10-17)24-22(28)20-21-19(13-14-29-21)26-23(27-20)25-16(2)18-11-7-4-8-12-18/h3-16H,1-2H3,(H,24,28)(H,25,26,27)/t15-,16?/m0/s1. The molecule has 0 aliphatic carbocycles. The fourth-order valence-electron chi connectivity index (χ4n) is 3.19. The van der Waals surface area contributed by atoms with Gasteiger partial charge in [-0.15, -0.1) is 11.3 Å². The van der Waals surface area contributed by atoms with E-state index in [0.29, 0.717) is 11.6 Å². The van der Waals surface area contributed by atoms with Gasteiger partial charge in [-0.3, -0.25) is 4.79 Å². The number of carbonyl (C=O) groups is 1. The van der Waals surface area contributed by atoms with Gasteiger partial charge >= 0.3 is 0 Å². The van der Waals surface area contributed by atoms with Crippen LogP contribution < -0.4 is 10.6 Å². The summed E-state index contributed by atoms with van der Waals surface area (Å²) in [5.41, 5.74) is 3.35. The molecular formula is C23H22N4OS. The third kappa shape index (κ3) is 4.27. The average Bonchev–Trinajstić information content (AvgIpc) is 3.23. The van der Waals surface area contributed by atoms with Gasteiger partial charge in [0.05, 0.1) is 22.3 Å². The first-order chi connectivity index (χ1) is 14.1. The fraction of sp³-hybridized carbons (Fsp3) is 0.174. The maximum atomic E-state index is 13.0. The second-order valence-corrected chi connectivity index (χ2v) is 7.83. The quantitative estimate of drug-likeness (QED) is 0.456. The van der Waals surface area contributed by atoms with E-state index < -0.39 is 0 Å². The molecule has 4 rings (SSSR count). The van der Waals surface area contributed by atoms with E-state index in [9.17, 15) is 4.79 Å². The second-order valence-electron chi connectivity index (χ2n) is 6.91. The van der Waals surface area contributed by atoms with Crippen LogP contribution in [-0.2, 0) is 0 Å². The molecule has 6 heteroatoms. The van der Waals surface area contributed by atoms with Gasteiger partial charge in [-0.25, -0.2) is 9.97 Å². The molecule has 0 bridgehead atoms. The topological polar surface area (TPSA) is 66.9 Å². The summed E-state index contributed by atoms with van der Waals surface area (Å²) < 4.78 is 0.792. The van der Waals surface area contributed by atoms with Gasteiger partial charge in [-0.2, -0.15) is 0 Å². The summed E-state index contributed by atoms with van der Waals surface area (Å²) in [5, 5.41) is 8.31. The van der Waals surface area contributed by atoms with Crippen LogP contribution in [-0.4, -0.2) is 15.9 Å². The summed E-state index contributed by atoms with van der Waals surface area (Å²) in [6.07, 6.45) is 0. The van der Waals surface area contributed by atoms with Crippen molar-refractivity contribution in [2.24, 2.45) is 0 Å². The number of nitrogens with one attached hydrogen (secondary N) is 2. The molecular weight excluding hydrogens is 380 g/mol. The Morgan fingerprint density at radius 3 is 2.14 bits per heavy atom. The summed E-state index contributed by atoms with van der Waals surface area (Å²) in [5.74, 6) is 0.247. The molecule has 2 aromatic heterocycles. The molecule has 2 atom stereocenters. The number of fused-ring (bicyclic) bond motifs is 1. The molecule has 0 spiro atoms. The zero-order valence-electron chi connectivity index (χ0n) is 16.3. The first-order valence-electron chi connectivity index (χ1n) is 9.54. The van der Waals surface area contributed by atoms with Crippen LogP contribution in [0.15, 0.2) is 72.1 Å². The Labute approximate surface area is 173 Å². The predicted molar refractivity (Wildman–Crippen MR) is 118 cm³/mol. The van der Waals surface area contributed by atoms with E-state index in [2.05, 4.69) is 32.7 Å². The van der Waals surface area contributed by atoms with E-state index >= 15 is 0 Å². The number of amides is 1. The molecule has 5 nitrogen and oxygen atoms in total. The molecule has 146 valence electrons. The van der Waals surface area contributed by atoms with Gasteiger partial charge < -0.3 is 10.6 Å². The summed E-state index contributed by atoms with van der Waals surface area (Å²) >= 11 is 1.48. The normalized spacial score (nSPS) is 13.0. The van der Waals surface area contributed by atoms with E-state index in [4.69, 9.17) is 0 Å². The highest BCUT2D eigenvalue weighted by Crippen LogP contribution is 2.26. The van der Waals surface area contributed by atoms with Crippen molar-refractivity contribution >= 4 is 33.4 Å². The average molecular weight is 403 g/mol. The van der Waals surface area contributed by atoms with Crippen molar-refractivity contribution in [3.63, 3.8) is 0 Å². The van der Waals surface area contributed by atoms with Crippen molar-refractivity contribution in [1.29, 1.82) is 0 Å². The molecule has 1 unspecified atom stereocenters. The predicted octanol–water partition coefficient (Wildman–Crippen LogP) is 5.36. The first-order valence-corrected chi connectivity index (χ1v) is 10.4. The minimum Gasteiger partial charge on any atom is -0.348 e. The maximum Gasteiger partial charge on any atom is 0.272 e. The number of nitrogens with zero attached hydrogens (tertiary/aromatic N) is 2. The molecule has 1 amide bonds. The lowest BCUT2D eigenvalue weighted by Crippen LogP contribution is -2.28. The van der Waals surface area contributed by atoms with E-state index in [1.165, 1.54) is 11.3 Å². The number of anilines is 1. The Morgan fingerprint density at radius 2 is 1.48 bits per heavy atom. The molecule has 2 N–H and O–H groups in total. The molecule has 0 saturated carbocycles. The number of hydrogen-bond donors (Lipinski definition) is 2. The van der Waals surface area contributed by atoms with Gasteiger partial charge in [0.1, 0.15) is 0 Å². The van der Waals surface area contributed by atoms with Crippen molar-refractivity contribution in [1.82, 2.24) is 15.3 Å². The van der Waals surface area contributed by atoms with Gasteiger partial charge in [0, 0.05) is 0 Å². The van der Waals surface area contributed by atoms with Crippen LogP contribution in [0.4, 0.5) is 5.95 Å². The van der Waals surface area contributed by atoms with Gasteiger partial charge in [0.25, 0.3) is 5.91 Å². The summed E-state index contributed by atoms with van der Waals surface area (Å²) in [6, 6.07) is 21.8. The molecule has 2 aromatic carbocycles. The number of aromatic nitrogens is 2. The number of rotatable bonds is 6. The highest BCUT2D eigenvalue weighted by molar-refractivity contribution is 7.17. The van der Waals surface area contributed by atoms with Crippen LogP contribution in [0, 0.1) is 0 Å². The third-order valence-corrected chi connectivity index (χ3v) is 5.72. The maximum absolute atomic E-state index is 13.0. The Balaban J connectivity index is 1.60. The van der Waals surface area contributed by atoms with Gasteiger partial charge in [0.15, 0.2) is 5.69 Å². The molecule has 0 aliphatic rings. The minimum absolute atomic E-state index is 0.0199. The Morgan fingerprint density at radius 1 is 0.862 bits per heavy atom. The van der Waals surface area contributed by atoms with Crippen molar-refractivity contribution in [3.8, 4) is 0 Å². The molecule has 0 saturated heterocycles. The zero-order chi connectivity index (χ0) is 20.2. The molecule has 2 heterocycles. The number of thiophene rings is 1. The van der Waals surface area contributed by atoms with Crippen molar-refractivity contribution in [2.45, 2.75) is 25.9 Å². The van der Waals surface area contributed by atoms with E-state index in [1.54, 1.807) is 0 Å². The SMILES string of the molecule is CC(Nc1nc(C(=O)N[C@@H](C)c2ccccc2)c2sccc2n1)c1ccccc1. The van der Waals surface area contributed by atoms with Gasteiger partial charge in [-0.05, 0) is 36.4 Å².